The number of nitrogens with one attached hydrogen (secondary N) is 1. The summed E-state index contributed by atoms with van der Waals surface area (Å²) in [6.07, 6.45) is 0.385. The molecule has 146 valence electrons. The molecule has 0 aliphatic heterocycles. The normalized spacial score (nSPS) is 12.2. The Labute approximate surface area is 158 Å². The SMILES string of the molecule is CC(C)n1nccc1NC(=O)[C@H](C)OC(=O)c1cc(=O)c2cc(F)ccc2o1. The van der Waals surface area contributed by atoms with Crippen molar-refractivity contribution in [3.63, 3.8) is 0 Å². The quantitative estimate of drug-likeness (QED) is 0.675. The van der Waals surface area contributed by atoms with Gasteiger partial charge in [-0.1, -0.05) is 0 Å². The van der Waals surface area contributed by atoms with E-state index in [0.717, 1.165) is 18.2 Å². The molecule has 0 spiro atoms. The number of aromatic nitrogens is 2. The molecule has 0 radical (unpaired) electrons. The van der Waals surface area contributed by atoms with Gasteiger partial charge >= 0.3 is 5.97 Å². The minimum atomic E-state index is -1.16. The predicted octanol–water partition coefficient (Wildman–Crippen LogP) is 2.89. The highest BCUT2D eigenvalue weighted by Crippen LogP contribution is 2.16. The second-order valence-corrected chi connectivity index (χ2v) is 6.41. The summed E-state index contributed by atoms with van der Waals surface area (Å²) in [5.41, 5.74) is -0.551. The average molecular weight is 387 g/mol. The van der Waals surface area contributed by atoms with E-state index < -0.39 is 29.2 Å². The summed E-state index contributed by atoms with van der Waals surface area (Å²) in [4.78, 5) is 36.6. The highest BCUT2D eigenvalue weighted by molar-refractivity contribution is 5.96. The lowest BCUT2D eigenvalue weighted by Crippen LogP contribution is -2.31. The van der Waals surface area contributed by atoms with Gasteiger partial charge in [0.05, 0.1) is 11.6 Å². The number of halogens is 1. The number of nitrogens with zero attached hydrogens (tertiary/aromatic N) is 2. The van der Waals surface area contributed by atoms with Crippen LogP contribution in [0.3, 0.4) is 0 Å². The maximum absolute atomic E-state index is 13.2. The van der Waals surface area contributed by atoms with Crippen molar-refractivity contribution in [3.8, 4) is 0 Å². The van der Waals surface area contributed by atoms with Crippen LogP contribution in [-0.4, -0.2) is 27.8 Å². The Bertz CT molecular complexity index is 1100. The van der Waals surface area contributed by atoms with Crippen molar-refractivity contribution in [3.05, 3.63) is 58.3 Å². The highest BCUT2D eigenvalue weighted by Gasteiger charge is 2.23. The molecule has 2 heterocycles. The summed E-state index contributed by atoms with van der Waals surface area (Å²) in [5.74, 6) is -2.07. The third-order valence-electron chi connectivity index (χ3n) is 3.95. The number of fused-ring (bicyclic) bond motifs is 1. The maximum atomic E-state index is 13.2. The maximum Gasteiger partial charge on any atom is 0.375 e. The van der Waals surface area contributed by atoms with E-state index in [1.54, 1.807) is 16.9 Å². The van der Waals surface area contributed by atoms with Crippen LogP contribution in [0, 0.1) is 5.82 Å². The molecule has 3 rings (SSSR count). The van der Waals surface area contributed by atoms with Gasteiger partial charge in [0.25, 0.3) is 5.91 Å². The van der Waals surface area contributed by atoms with Gasteiger partial charge in [-0.15, -0.1) is 0 Å². The largest absolute Gasteiger partial charge is 0.449 e. The van der Waals surface area contributed by atoms with Gasteiger partial charge in [0.15, 0.2) is 11.5 Å². The van der Waals surface area contributed by atoms with Crippen molar-refractivity contribution in [2.24, 2.45) is 0 Å². The number of rotatable bonds is 5. The van der Waals surface area contributed by atoms with Crippen molar-refractivity contribution in [2.45, 2.75) is 32.9 Å². The van der Waals surface area contributed by atoms with E-state index in [9.17, 15) is 18.8 Å². The minimum absolute atomic E-state index is 0.00397. The van der Waals surface area contributed by atoms with E-state index in [1.165, 1.54) is 13.0 Å². The van der Waals surface area contributed by atoms with Crippen molar-refractivity contribution in [2.75, 3.05) is 5.32 Å². The lowest BCUT2D eigenvalue weighted by Gasteiger charge is -2.15. The average Bonchev–Trinajstić information content (AvgIpc) is 3.10. The number of carbonyl (C=O) groups is 2. The fraction of sp³-hybridized carbons (Fsp3) is 0.263. The molecule has 1 atom stereocenters. The number of esters is 1. The number of ether oxygens (including phenoxy) is 1. The number of carbonyl (C=O) groups excluding carboxylic acids is 2. The monoisotopic (exact) mass is 387 g/mol. The molecule has 0 bridgehead atoms. The van der Waals surface area contributed by atoms with E-state index in [-0.39, 0.29) is 22.8 Å². The molecule has 28 heavy (non-hydrogen) atoms. The first kappa shape index (κ1) is 19.3. The number of hydrogen-bond acceptors (Lipinski definition) is 6. The fourth-order valence-electron chi connectivity index (χ4n) is 2.55. The molecular weight excluding hydrogens is 369 g/mol. The Morgan fingerprint density at radius 3 is 2.68 bits per heavy atom. The summed E-state index contributed by atoms with van der Waals surface area (Å²) in [6, 6.07) is 5.92. The molecule has 0 saturated heterocycles. The van der Waals surface area contributed by atoms with Crippen molar-refractivity contribution < 1.29 is 23.1 Å². The Morgan fingerprint density at radius 2 is 1.96 bits per heavy atom. The number of benzene rings is 1. The summed E-state index contributed by atoms with van der Waals surface area (Å²) in [7, 11) is 0. The fourth-order valence-corrected chi connectivity index (χ4v) is 2.55. The first-order valence-electron chi connectivity index (χ1n) is 8.55. The summed E-state index contributed by atoms with van der Waals surface area (Å²) < 4.78 is 25.2. The van der Waals surface area contributed by atoms with E-state index in [2.05, 4.69) is 10.4 Å². The molecule has 1 aromatic carbocycles. The molecule has 0 aliphatic carbocycles. The zero-order valence-corrected chi connectivity index (χ0v) is 15.4. The van der Waals surface area contributed by atoms with Crippen molar-refractivity contribution in [1.29, 1.82) is 0 Å². The van der Waals surface area contributed by atoms with Crippen LogP contribution in [0.1, 0.15) is 37.4 Å². The van der Waals surface area contributed by atoms with Crippen LogP contribution in [0.15, 0.2) is 45.7 Å². The number of hydrogen-bond donors (Lipinski definition) is 1. The zero-order chi connectivity index (χ0) is 20.4. The molecule has 1 amide bonds. The van der Waals surface area contributed by atoms with E-state index in [0.29, 0.717) is 5.82 Å². The molecule has 1 N–H and O–H groups in total. The molecular formula is C19H18FN3O5. The van der Waals surface area contributed by atoms with Gasteiger partial charge in [-0.05, 0) is 39.0 Å². The third-order valence-corrected chi connectivity index (χ3v) is 3.95. The number of amides is 1. The van der Waals surface area contributed by atoms with Gasteiger partial charge in [0.1, 0.15) is 17.2 Å². The van der Waals surface area contributed by atoms with Gasteiger partial charge in [-0.2, -0.15) is 5.10 Å². The van der Waals surface area contributed by atoms with Crippen LogP contribution < -0.4 is 10.7 Å². The Hall–Kier alpha value is -3.49. The van der Waals surface area contributed by atoms with E-state index in [4.69, 9.17) is 9.15 Å². The van der Waals surface area contributed by atoms with Crippen LogP contribution in [0.5, 0.6) is 0 Å². The van der Waals surface area contributed by atoms with Gasteiger partial charge in [0, 0.05) is 18.2 Å². The smallest absolute Gasteiger partial charge is 0.375 e. The van der Waals surface area contributed by atoms with Gasteiger partial charge in [-0.3, -0.25) is 9.59 Å². The first-order chi connectivity index (χ1) is 13.3. The first-order valence-corrected chi connectivity index (χ1v) is 8.55. The molecule has 9 heteroatoms. The molecule has 0 fully saturated rings. The second kappa shape index (κ2) is 7.63. The van der Waals surface area contributed by atoms with Gasteiger partial charge in [-0.25, -0.2) is 13.9 Å². The van der Waals surface area contributed by atoms with Gasteiger partial charge in [0.2, 0.25) is 5.76 Å². The molecule has 0 aliphatic rings. The van der Waals surface area contributed by atoms with Crippen LogP contribution in [0.2, 0.25) is 0 Å². The lowest BCUT2D eigenvalue weighted by molar-refractivity contribution is -0.123. The summed E-state index contributed by atoms with van der Waals surface area (Å²) >= 11 is 0. The molecule has 3 aromatic rings. The molecule has 8 nitrogen and oxygen atoms in total. The standard InChI is InChI=1S/C19H18FN3O5/c1-10(2)23-17(6-7-21-23)22-18(25)11(3)27-19(26)16-9-14(24)13-8-12(20)4-5-15(13)28-16/h4-11H,1-3H3,(H,22,25)/t11-/m0/s1. The number of anilines is 1. The van der Waals surface area contributed by atoms with Gasteiger partial charge < -0.3 is 14.5 Å². The highest BCUT2D eigenvalue weighted by atomic mass is 19.1. The Morgan fingerprint density at radius 1 is 1.21 bits per heavy atom. The predicted molar refractivity (Wildman–Crippen MR) is 98.6 cm³/mol. The lowest BCUT2D eigenvalue weighted by atomic mass is 10.2. The zero-order valence-electron chi connectivity index (χ0n) is 15.4. The summed E-state index contributed by atoms with van der Waals surface area (Å²) in [5, 5.41) is 6.73. The third kappa shape index (κ3) is 3.93. The van der Waals surface area contributed by atoms with Crippen molar-refractivity contribution in [1.82, 2.24) is 9.78 Å². The topological polar surface area (TPSA) is 103 Å². The van der Waals surface area contributed by atoms with Crippen LogP contribution in [0.25, 0.3) is 11.0 Å². The Kier molecular flexibility index (Phi) is 5.25. The van der Waals surface area contributed by atoms with Crippen molar-refractivity contribution >= 4 is 28.7 Å². The van der Waals surface area contributed by atoms with Crippen LogP contribution >= 0.6 is 0 Å². The van der Waals surface area contributed by atoms with Crippen LogP contribution in [0.4, 0.5) is 10.2 Å². The minimum Gasteiger partial charge on any atom is -0.449 e. The van der Waals surface area contributed by atoms with E-state index in [1.807, 2.05) is 13.8 Å². The summed E-state index contributed by atoms with van der Waals surface area (Å²) in [6.45, 7) is 5.19. The molecule has 0 unspecified atom stereocenters. The second-order valence-electron chi connectivity index (χ2n) is 6.41. The molecule has 0 saturated carbocycles. The van der Waals surface area contributed by atoms with E-state index >= 15 is 0 Å². The molecule has 2 aromatic heterocycles. The van der Waals surface area contributed by atoms with Crippen LogP contribution in [-0.2, 0) is 9.53 Å². The Balaban J connectivity index is 1.74.